The summed E-state index contributed by atoms with van der Waals surface area (Å²) in [5.74, 6) is 0. The smallest absolute Gasteiger partial charge is 0.0499 e. The van der Waals surface area contributed by atoms with Gasteiger partial charge in [-0.25, -0.2) is 0 Å². The zero-order chi connectivity index (χ0) is 13.0. The van der Waals surface area contributed by atoms with Crippen molar-refractivity contribution in [2.75, 3.05) is 26.7 Å². The first-order chi connectivity index (χ1) is 8.65. The van der Waals surface area contributed by atoms with Gasteiger partial charge in [-0.2, -0.15) is 0 Å². The maximum Gasteiger partial charge on any atom is 0.0499 e. The average Bonchev–Trinajstić information content (AvgIpc) is 2.33. The van der Waals surface area contributed by atoms with E-state index >= 15 is 0 Å². The fourth-order valence-electron chi connectivity index (χ4n) is 2.71. The molecule has 2 nitrogen and oxygen atoms in total. The number of rotatable bonds is 6. The first-order valence-corrected chi connectivity index (χ1v) is 7.47. The Balaban J connectivity index is 1.81. The molecule has 1 aromatic rings. The van der Waals surface area contributed by atoms with Crippen LogP contribution in [0.1, 0.15) is 24.8 Å². The lowest BCUT2D eigenvalue weighted by Crippen LogP contribution is -2.44. The molecule has 1 aliphatic rings. The summed E-state index contributed by atoms with van der Waals surface area (Å²) in [4.78, 5) is 2.36. The summed E-state index contributed by atoms with van der Waals surface area (Å²) >= 11 is 3.59. The molecule has 0 saturated heterocycles. The molecular weight excluding hydrogens is 290 g/mol. The fraction of sp³-hybridized carbons (Fsp3) is 0.600. The van der Waals surface area contributed by atoms with Crippen LogP contribution in [0.3, 0.4) is 0 Å². The second-order valence-corrected chi connectivity index (χ2v) is 6.45. The Labute approximate surface area is 118 Å². The molecule has 0 atom stereocenters. The predicted molar refractivity (Wildman–Crippen MR) is 78.7 cm³/mol. The first-order valence-electron chi connectivity index (χ1n) is 6.68. The van der Waals surface area contributed by atoms with Crippen LogP contribution in [-0.2, 0) is 6.42 Å². The Morgan fingerprint density at radius 3 is 2.61 bits per heavy atom. The highest BCUT2D eigenvalue weighted by atomic mass is 79.9. The topological polar surface area (TPSA) is 23.5 Å². The van der Waals surface area contributed by atoms with Crippen LogP contribution in [0.2, 0.25) is 0 Å². The lowest BCUT2D eigenvalue weighted by atomic mass is 9.69. The lowest BCUT2D eigenvalue weighted by molar-refractivity contribution is 0.0149. The first kappa shape index (κ1) is 14.0. The highest BCUT2D eigenvalue weighted by Crippen LogP contribution is 2.40. The van der Waals surface area contributed by atoms with Crippen LogP contribution in [-0.4, -0.2) is 36.8 Å². The zero-order valence-electron chi connectivity index (χ0n) is 11.0. The fourth-order valence-corrected chi connectivity index (χ4v) is 3.19. The van der Waals surface area contributed by atoms with Crippen molar-refractivity contribution in [2.45, 2.75) is 25.7 Å². The zero-order valence-corrected chi connectivity index (χ0v) is 12.6. The summed E-state index contributed by atoms with van der Waals surface area (Å²) in [5.41, 5.74) is 1.55. The highest BCUT2D eigenvalue weighted by Gasteiger charge is 2.36. The van der Waals surface area contributed by atoms with Crippen molar-refractivity contribution in [1.82, 2.24) is 4.90 Å². The molecule has 0 aromatic heterocycles. The van der Waals surface area contributed by atoms with Gasteiger partial charge in [0.2, 0.25) is 0 Å². The van der Waals surface area contributed by atoms with Crippen molar-refractivity contribution < 1.29 is 5.11 Å². The van der Waals surface area contributed by atoms with Gasteiger partial charge in [0.05, 0.1) is 0 Å². The minimum Gasteiger partial charge on any atom is -0.396 e. The number of hydrogen-bond donors (Lipinski definition) is 1. The van der Waals surface area contributed by atoms with E-state index in [-0.39, 0.29) is 5.41 Å². The molecule has 100 valence electrons. The summed E-state index contributed by atoms with van der Waals surface area (Å²) < 4.78 is 1.19. The largest absolute Gasteiger partial charge is 0.396 e. The molecule has 0 aliphatic heterocycles. The second-order valence-electron chi connectivity index (χ2n) is 5.59. The van der Waals surface area contributed by atoms with E-state index in [9.17, 15) is 5.11 Å². The minimum atomic E-state index is 0.197. The van der Waals surface area contributed by atoms with Gasteiger partial charge in [-0.15, -0.1) is 0 Å². The molecule has 3 heteroatoms. The van der Waals surface area contributed by atoms with Crippen molar-refractivity contribution in [3.05, 3.63) is 34.3 Å². The summed E-state index contributed by atoms with van der Waals surface area (Å²) in [6.07, 6.45) is 4.70. The van der Waals surface area contributed by atoms with Crippen molar-refractivity contribution in [2.24, 2.45) is 5.41 Å². The van der Waals surface area contributed by atoms with E-state index < -0.39 is 0 Å². The van der Waals surface area contributed by atoms with Gasteiger partial charge in [0.1, 0.15) is 0 Å². The average molecular weight is 312 g/mol. The molecule has 1 saturated carbocycles. The summed E-state index contributed by atoms with van der Waals surface area (Å²) in [6, 6.07) is 8.40. The minimum absolute atomic E-state index is 0.197. The van der Waals surface area contributed by atoms with Crippen molar-refractivity contribution in [3.8, 4) is 0 Å². The molecule has 0 heterocycles. The SMILES string of the molecule is CN(CCc1ccccc1Br)CC1(CO)CCC1. The number of nitrogens with zero attached hydrogens (tertiary/aromatic N) is 1. The molecule has 0 unspecified atom stereocenters. The standard InChI is InChI=1S/C15H22BrNO/c1-17(11-15(12-18)8-4-9-15)10-7-13-5-2-3-6-14(13)16/h2-3,5-6,18H,4,7-12H2,1H3. The monoisotopic (exact) mass is 311 g/mol. The van der Waals surface area contributed by atoms with Crippen LogP contribution in [0.5, 0.6) is 0 Å². The molecule has 0 bridgehead atoms. The summed E-state index contributed by atoms with van der Waals surface area (Å²) in [5, 5.41) is 9.48. The number of aliphatic hydroxyl groups excluding tert-OH is 1. The van der Waals surface area contributed by atoms with Crippen molar-refractivity contribution in [3.63, 3.8) is 0 Å². The van der Waals surface area contributed by atoms with E-state index in [1.807, 2.05) is 6.07 Å². The molecular formula is C15H22BrNO. The second kappa shape index (κ2) is 6.18. The van der Waals surface area contributed by atoms with Gasteiger partial charge in [-0.3, -0.25) is 0 Å². The molecule has 0 amide bonds. The van der Waals surface area contributed by atoms with Gasteiger partial charge in [0.15, 0.2) is 0 Å². The normalized spacial score (nSPS) is 17.8. The molecule has 1 N–H and O–H groups in total. The van der Waals surface area contributed by atoms with E-state index in [0.717, 1.165) is 19.5 Å². The number of benzene rings is 1. The van der Waals surface area contributed by atoms with Gasteiger partial charge in [0, 0.05) is 29.6 Å². The van der Waals surface area contributed by atoms with Crippen LogP contribution < -0.4 is 0 Å². The van der Waals surface area contributed by atoms with E-state index in [2.05, 4.69) is 46.1 Å². The van der Waals surface area contributed by atoms with Gasteiger partial charge in [-0.1, -0.05) is 40.5 Å². The van der Waals surface area contributed by atoms with Crippen LogP contribution >= 0.6 is 15.9 Å². The molecule has 1 aliphatic carbocycles. The van der Waals surface area contributed by atoms with Crippen molar-refractivity contribution >= 4 is 15.9 Å². The van der Waals surface area contributed by atoms with E-state index in [1.54, 1.807) is 0 Å². The Kier molecular flexibility index (Phi) is 4.82. The third-order valence-electron chi connectivity index (χ3n) is 4.08. The highest BCUT2D eigenvalue weighted by molar-refractivity contribution is 9.10. The van der Waals surface area contributed by atoms with E-state index in [0.29, 0.717) is 6.61 Å². The van der Waals surface area contributed by atoms with Crippen LogP contribution in [0.4, 0.5) is 0 Å². The third-order valence-corrected chi connectivity index (χ3v) is 4.85. The van der Waals surface area contributed by atoms with Gasteiger partial charge in [0.25, 0.3) is 0 Å². The summed E-state index contributed by atoms with van der Waals surface area (Å²) in [6.45, 7) is 2.41. The van der Waals surface area contributed by atoms with Crippen LogP contribution in [0.25, 0.3) is 0 Å². The third kappa shape index (κ3) is 3.34. The number of hydrogen-bond acceptors (Lipinski definition) is 2. The van der Waals surface area contributed by atoms with Gasteiger partial charge in [-0.05, 0) is 37.9 Å². The Hall–Kier alpha value is -0.380. The molecule has 18 heavy (non-hydrogen) atoms. The number of likely N-dealkylation sites (N-methyl/N-ethyl adjacent to an activating group) is 1. The molecule has 2 rings (SSSR count). The molecule has 1 aromatic carbocycles. The van der Waals surface area contributed by atoms with E-state index in [4.69, 9.17) is 0 Å². The van der Waals surface area contributed by atoms with Gasteiger partial charge >= 0.3 is 0 Å². The molecule has 0 radical (unpaired) electrons. The predicted octanol–water partition coefficient (Wildman–Crippen LogP) is 3.09. The summed E-state index contributed by atoms with van der Waals surface area (Å²) in [7, 11) is 2.16. The lowest BCUT2D eigenvalue weighted by Gasteiger charge is -2.43. The molecule has 1 fully saturated rings. The Bertz CT molecular complexity index is 384. The van der Waals surface area contributed by atoms with Crippen molar-refractivity contribution in [1.29, 1.82) is 0 Å². The van der Waals surface area contributed by atoms with Crippen LogP contribution in [0, 0.1) is 5.41 Å². The maximum absolute atomic E-state index is 9.48. The Morgan fingerprint density at radius 1 is 1.33 bits per heavy atom. The van der Waals surface area contributed by atoms with Gasteiger partial charge < -0.3 is 10.0 Å². The molecule has 0 spiro atoms. The number of halogens is 1. The van der Waals surface area contributed by atoms with Crippen LogP contribution in [0.15, 0.2) is 28.7 Å². The number of aliphatic hydroxyl groups is 1. The maximum atomic E-state index is 9.48. The Morgan fingerprint density at radius 2 is 2.06 bits per heavy atom. The van der Waals surface area contributed by atoms with E-state index in [1.165, 1.54) is 29.3 Å². The quantitative estimate of drug-likeness (QED) is 0.872.